The minimum Gasteiger partial charge on any atom is -0.493 e. The van der Waals surface area contributed by atoms with Crippen LogP contribution in [0, 0.1) is 11.8 Å². The number of carbonyl (C=O) groups excluding carboxylic acids is 1. The predicted molar refractivity (Wildman–Crippen MR) is 161 cm³/mol. The molecule has 2 aromatic rings. The maximum absolute atomic E-state index is 13.7. The molecule has 7 nitrogen and oxygen atoms in total. The molecule has 218 valence electrons. The maximum atomic E-state index is 13.7. The topological polar surface area (TPSA) is 94.8 Å². The Labute approximate surface area is 239 Å². The molecule has 0 saturated carbocycles. The molecule has 0 radical (unpaired) electrons. The van der Waals surface area contributed by atoms with Crippen molar-refractivity contribution in [3.63, 3.8) is 0 Å². The van der Waals surface area contributed by atoms with E-state index in [0.717, 1.165) is 87.5 Å². The molecule has 1 aliphatic carbocycles. The van der Waals surface area contributed by atoms with Crippen molar-refractivity contribution in [3.8, 4) is 28.4 Å². The summed E-state index contributed by atoms with van der Waals surface area (Å²) in [5.41, 5.74) is 9.71. The molecule has 2 saturated heterocycles. The number of carbonyl (C=O) groups is 1. The third-order valence-electron chi connectivity index (χ3n) is 8.62. The van der Waals surface area contributed by atoms with E-state index in [1.54, 1.807) is 0 Å². The summed E-state index contributed by atoms with van der Waals surface area (Å²) in [6.07, 6.45) is 11.2. The average molecular weight is 550 g/mol. The van der Waals surface area contributed by atoms with Crippen LogP contribution in [0.2, 0.25) is 0 Å². The number of anilines is 1. The van der Waals surface area contributed by atoms with Gasteiger partial charge in [-0.3, -0.25) is 4.79 Å². The van der Waals surface area contributed by atoms with Crippen molar-refractivity contribution < 1.29 is 19.0 Å². The van der Waals surface area contributed by atoms with E-state index >= 15 is 0 Å². The van der Waals surface area contributed by atoms with Crippen molar-refractivity contribution in [1.29, 1.82) is 0 Å². The first-order valence-corrected chi connectivity index (χ1v) is 15.6. The minimum absolute atomic E-state index is 0.0831. The molecule has 2 aromatic carbocycles. The van der Waals surface area contributed by atoms with Crippen molar-refractivity contribution >= 4 is 11.5 Å². The number of benzene rings is 2. The molecule has 2 aliphatic heterocycles. The largest absolute Gasteiger partial charge is 0.493 e. The van der Waals surface area contributed by atoms with E-state index in [2.05, 4.69) is 17.6 Å². The van der Waals surface area contributed by atoms with Crippen molar-refractivity contribution in [1.82, 2.24) is 10.6 Å². The average Bonchev–Trinajstić information content (AvgIpc) is 3.30. The van der Waals surface area contributed by atoms with Gasteiger partial charge in [-0.15, -0.1) is 0 Å². The predicted octanol–water partition coefficient (Wildman–Crippen LogP) is 5.98. The molecule has 3 aliphatic rings. The lowest BCUT2D eigenvalue weighted by molar-refractivity contribution is 0.104. The summed E-state index contributed by atoms with van der Waals surface area (Å²) in [5, 5.41) is 6.98. The van der Waals surface area contributed by atoms with E-state index in [1.807, 2.05) is 24.3 Å². The molecule has 7 heteroatoms. The van der Waals surface area contributed by atoms with Crippen molar-refractivity contribution in [2.75, 3.05) is 51.7 Å². The van der Waals surface area contributed by atoms with Crippen LogP contribution in [0.15, 0.2) is 24.3 Å². The molecule has 4 N–H and O–H groups in total. The lowest BCUT2D eigenvalue weighted by atomic mass is 9.95. The molecule has 2 unspecified atom stereocenters. The van der Waals surface area contributed by atoms with E-state index in [0.29, 0.717) is 54.1 Å². The molecule has 0 spiro atoms. The number of ether oxygens (including phenoxy) is 3. The lowest BCUT2D eigenvalue weighted by Gasteiger charge is -2.23. The zero-order valence-corrected chi connectivity index (χ0v) is 24.2. The Morgan fingerprint density at radius 1 is 0.800 bits per heavy atom. The van der Waals surface area contributed by atoms with Gasteiger partial charge in [-0.2, -0.15) is 0 Å². The van der Waals surface area contributed by atoms with E-state index in [9.17, 15) is 4.79 Å². The Bertz CT molecular complexity index is 1140. The lowest BCUT2D eigenvalue weighted by Crippen LogP contribution is -2.29. The fourth-order valence-corrected chi connectivity index (χ4v) is 6.38. The summed E-state index contributed by atoms with van der Waals surface area (Å²) in [6.45, 7) is 8.35. The summed E-state index contributed by atoms with van der Waals surface area (Å²) < 4.78 is 18.8. The molecule has 40 heavy (non-hydrogen) atoms. The number of unbranched alkanes of at least 4 members (excludes halogenated alkanes) is 1. The number of hydrogen-bond acceptors (Lipinski definition) is 7. The Morgan fingerprint density at radius 3 is 2.05 bits per heavy atom. The standard InChI is InChI=1S/C33H47N3O4/c1-2-3-17-39-27-20-28(40-19-8-12-24-10-6-16-36-22-24)32(34)31-30(27)29-25(33(31)37)13-4-14-26(29)38-18-7-11-23-9-5-15-35-21-23/h4,13-14,20,23-24,35-36H,2-3,5-12,15-19,21-22,34H2,1H3. The van der Waals surface area contributed by atoms with Crippen molar-refractivity contribution in [2.24, 2.45) is 11.8 Å². The second kappa shape index (κ2) is 14.2. The summed E-state index contributed by atoms with van der Waals surface area (Å²) in [5.74, 6) is 3.26. The van der Waals surface area contributed by atoms with Gasteiger partial charge >= 0.3 is 0 Å². The number of nitrogen functional groups attached to an aromatic ring is 1. The monoisotopic (exact) mass is 549 g/mol. The Morgan fingerprint density at radius 2 is 1.43 bits per heavy atom. The zero-order chi connectivity index (χ0) is 27.7. The second-order valence-corrected chi connectivity index (χ2v) is 11.7. The molecule has 2 fully saturated rings. The van der Waals surface area contributed by atoms with Gasteiger partial charge in [0, 0.05) is 22.8 Å². The normalized spacial score (nSPS) is 20.2. The van der Waals surface area contributed by atoms with Crippen LogP contribution in [0.3, 0.4) is 0 Å². The van der Waals surface area contributed by atoms with Gasteiger partial charge in [0.05, 0.1) is 31.1 Å². The molecular formula is C33H47N3O4. The number of hydrogen-bond donors (Lipinski definition) is 3. The number of nitrogens with one attached hydrogen (secondary N) is 2. The van der Waals surface area contributed by atoms with Crippen LogP contribution in [0.25, 0.3) is 11.1 Å². The fourth-order valence-electron chi connectivity index (χ4n) is 6.38. The first-order chi connectivity index (χ1) is 19.7. The molecule has 0 bridgehead atoms. The maximum Gasteiger partial charge on any atom is 0.196 e. The summed E-state index contributed by atoms with van der Waals surface area (Å²) >= 11 is 0. The van der Waals surface area contributed by atoms with Crippen LogP contribution in [-0.2, 0) is 0 Å². The van der Waals surface area contributed by atoms with Gasteiger partial charge in [-0.05, 0) is 102 Å². The van der Waals surface area contributed by atoms with Crippen LogP contribution in [-0.4, -0.2) is 51.8 Å². The number of rotatable bonds is 14. The summed E-state index contributed by atoms with van der Waals surface area (Å²) in [6, 6.07) is 7.61. The molecule has 0 amide bonds. The first kappa shape index (κ1) is 28.7. The number of nitrogens with two attached hydrogens (primary N) is 1. The molecular weight excluding hydrogens is 502 g/mol. The number of piperidine rings is 2. The zero-order valence-electron chi connectivity index (χ0n) is 24.2. The highest BCUT2D eigenvalue weighted by Gasteiger charge is 2.36. The number of fused-ring (bicyclic) bond motifs is 3. The van der Waals surface area contributed by atoms with Crippen LogP contribution in [0.1, 0.15) is 87.1 Å². The molecule has 2 heterocycles. The van der Waals surface area contributed by atoms with Crippen LogP contribution < -0.4 is 30.6 Å². The van der Waals surface area contributed by atoms with Crippen LogP contribution >= 0.6 is 0 Å². The Balaban J connectivity index is 1.33. The van der Waals surface area contributed by atoms with Crippen molar-refractivity contribution in [2.45, 2.75) is 71.1 Å². The highest BCUT2D eigenvalue weighted by Crippen LogP contribution is 2.52. The molecule has 2 atom stereocenters. The first-order valence-electron chi connectivity index (χ1n) is 15.6. The molecule has 0 aromatic heterocycles. The van der Waals surface area contributed by atoms with Gasteiger partial charge in [-0.1, -0.05) is 25.5 Å². The second-order valence-electron chi connectivity index (χ2n) is 11.7. The number of ketones is 1. The van der Waals surface area contributed by atoms with Crippen molar-refractivity contribution in [3.05, 3.63) is 35.4 Å². The van der Waals surface area contributed by atoms with Crippen LogP contribution in [0.5, 0.6) is 17.2 Å². The van der Waals surface area contributed by atoms with E-state index < -0.39 is 0 Å². The van der Waals surface area contributed by atoms with Gasteiger partial charge in [0.15, 0.2) is 5.78 Å². The van der Waals surface area contributed by atoms with Gasteiger partial charge in [0.1, 0.15) is 17.2 Å². The molecule has 5 rings (SSSR count). The summed E-state index contributed by atoms with van der Waals surface area (Å²) in [7, 11) is 0. The third-order valence-corrected chi connectivity index (χ3v) is 8.62. The summed E-state index contributed by atoms with van der Waals surface area (Å²) in [4.78, 5) is 13.7. The highest BCUT2D eigenvalue weighted by molar-refractivity contribution is 6.26. The third kappa shape index (κ3) is 6.74. The Kier molecular flexibility index (Phi) is 10.2. The highest BCUT2D eigenvalue weighted by atomic mass is 16.5. The quantitative estimate of drug-likeness (QED) is 0.168. The SMILES string of the molecule is CCCCOc1cc(OCCCC2CCCNC2)c(N)c2c1-c1c(OCCCC3CCCNC3)cccc1C2=O. The van der Waals surface area contributed by atoms with Gasteiger partial charge in [0.2, 0.25) is 0 Å². The van der Waals surface area contributed by atoms with E-state index in [1.165, 1.54) is 25.7 Å². The van der Waals surface area contributed by atoms with E-state index in [4.69, 9.17) is 19.9 Å². The Hall–Kier alpha value is -2.77. The van der Waals surface area contributed by atoms with Crippen LogP contribution in [0.4, 0.5) is 5.69 Å². The van der Waals surface area contributed by atoms with E-state index in [-0.39, 0.29) is 5.78 Å². The van der Waals surface area contributed by atoms with Gasteiger partial charge in [0.25, 0.3) is 0 Å². The fraction of sp³-hybridized carbons (Fsp3) is 0.606. The van der Waals surface area contributed by atoms with Gasteiger partial charge < -0.3 is 30.6 Å². The van der Waals surface area contributed by atoms with Gasteiger partial charge in [-0.25, -0.2) is 0 Å². The smallest absolute Gasteiger partial charge is 0.196 e. The minimum atomic E-state index is -0.0831.